The number of hydrazine groups is 1. The van der Waals surface area contributed by atoms with E-state index < -0.39 is 14.5 Å². The van der Waals surface area contributed by atoms with Crippen molar-refractivity contribution >= 4 is 20.4 Å². The normalized spacial score (nSPS) is 8.04. The van der Waals surface area contributed by atoms with E-state index in [1.54, 1.807) is 12.1 Å². The van der Waals surface area contributed by atoms with Crippen LogP contribution in [-0.2, 0) is 19.5 Å². The van der Waals surface area contributed by atoms with Crippen molar-refractivity contribution in [3.63, 3.8) is 0 Å². The van der Waals surface area contributed by atoms with Crippen LogP contribution in [0.15, 0.2) is 24.5 Å². The van der Waals surface area contributed by atoms with Crippen LogP contribution < -0.4 is 42.0 Å². The Morgan fingerprint density at radius 2 is 1.04 bits per heavy atom. The summed E-state index contributed by atoms with van der Waals surface area (Å²) in [5.41, 5.74) is 2.53. The molecule has 0 saturated carbocycles. The Bertz CT molecular complexity index is 377. The van der Waals surface area contributed by atoms with Crippen LogP contribution in [0.3, 0.4) is 0 Å². The van der Waals surface area contributed by atoms with Crippen LogP contribution in [0, 0.1) is 0 Å². The van der Waals surface area contributed by atoms with Crippen LogP contribution in [0.25, 0.3) is 0 Å². The number of rotatable bonds is 1. The summed E-state index contributed by atoms with van der Waals surface area (Å²) in [7, 11) is -12.0. The fourth-order valence-corrected chi connectivity index (χ4v) is 0.587. The van der Waals surface area contributed by atoms with Crippen LogP contribution in [-0.4, -0.2) is 25.4 Å². The standard InChI is InChI=1S/C6H7N3O.2BF4.5H3N.Ru/c7-9-6(10)5-1-3-8-4-2-5;2*2-1(3,4)5;;;;;;/h1-4H,7H2,(H,9,10);;;5*1H3;/q;2*-1;;;;;;+2. The Morgan fingerprint density at radius 3 is 1.23 bits per heavy atom. The van der Waals surface area contributed by atoms with Gasteiger partial charge in [-0.15, -0.1) is 0 Å². The zero-order valence-electron chi connectivity index (χ0n) is 13.3. The minimum absolute atomic E-state index is 0. The first-order valence-electron chi connectivity index (χ1n) is 4.50. The smallest absolute Gasteiger partial charge is 0.418 e. The van der Waals surface area contributed by atoms with Gasteiger partial charge in [-0.25, -0.2) is 5.84 Å². The number of carbonyl (C=O) groups is 1. The number of hydrogen-bond donors (Lipinski definition) is 7. The third-order valence-electron chi connectivity index (χ3n) is 1.07. The molecule has 0 aromatic carbocycles. The van der Waals surface area contributed by atoms with Crippen molar-refractivity contribution in [2.75, 3.05) is 0 Å². The number of halogens is 8. The minimum Gasteiger partial charge on any atom is -0.418 e. The molecular weight excluding hydrogens is 475 g/mol. The van der Waals surface area contributed by atoms with Crippen LogP contribution in [0.5, 0.6) is 0 Å². The van der Waals surface area contributed by atoms with Gasteiger partial charge in [0.2, 0.25) is 0 Å². The van der Waals surface area contributed by atoms with Crippen molar-refractivity contribution in [1.82, 2.24) is 41.2 Å². The van der Waals surface area contributed by atoms with Crippen LogP contribution in [0.2, 0.25) is 0 Å². The molecule has 20 heteroatoms. The van der Waals surface area contributed by atoms with Gasteiger partial charge >= 0.3 is 34.0 Å². The Labute approximate surface area is 157 Å². The third kappa shape index (κ3) is 66.5. The first-order valence-corrected chi connectivity index (χ1v) is 4.50. The van der Waals surface area contributed by atoms with Crippen LogP contribution in [0.1, 0.15) is 10.4 Å². The maximum absolute atomic E-state index is 10.7. The molecule has 0 spiro atoms. The molecule has 1 aromatic rings. The molecule has 1 heterocycles. The van der Waals surface area contributed by atoms with Crippen molar-refractivity contribution in [3.8, 4) is 0 Å². The maximum Gasteiger partial charge on any atom is 2.00 e. The maximum atomic E-state index is 10.7. The van der Waals surface area contributed by atoms with E-state index in [0.717, 1.165) is 0 Å². The molecule has 26 heavy (non-hydrogen) atoms. The molecule has 0 aliphatic rings. The second-order valence-electron chi connectivity index (χ2n) is 2.70. The molecule has 9 nitrogen and oxygen atoms in total. The number of nitrogen functional groups attached to an aromatic ring is 1. The van der Waals surface area contributed by atoms with E-state index in [4.69, 9.17) is 5.84 Å². The van der Waals surface area contributed by atoms with Gasteiger partial charge in [0.15, 0.2) is 0 Å². The van der Waals surface area contributed by atoms with Gasteiger partial charge in [0.1, 0.15) is 0 Å². The topological polar surface area (TPSA) is 243 Å². The Balaban J connectivity index is -0.0000000302. The van der Waals surface area contributed by atoms with E-state index in [9.17, 15) is 39.3 Å². The van der Waals surface area contributed by atoms with Crippen molar-refractivity contribution < 1.29 is 58.8 Å². The molecule has 0 atom stereocenters. The van der Waals surface area contributed by atoms with E-state index in [-0.39, 0.29) is 56.1 Å². The average Bonchev–Trinajstić information content (AvgIpc) is 2.25. The fraction of sp³-hybridized carbons (Fsp3) is 0. The summed E-state index contributed by atoms with van der Waals surface area (Å²) < 4.78 is 78.0. The molecule has 0 unspecified atom stereocenters. The molecule has 0 radical (unpaired) electrons. The number of hydrogen-bond acceptors (Lipinski definition) is 8. The molecule has 0 aliphatic carbocycles. The predicted octanol–water partition coefficient (Wildman–Crippen LogP) is 3.09. The van der Waals surface area contributed by atoms with Gasteiger partial charge in [-0.2, -0.15) is 0 Å². The van der Waals surface area contributed by atoms with Gasteiger partial charge in [-0.05, 0) is 12.1 Å². The number of amides is 1. The monoisotopic (exact) mass is 498 g/mol. The molecule has 1 aromatic heterocycles. The SMILES string of the molecule is F[B-](F)(F)F.F[B-](F)(F)F.N.N.N.N.N.NNC(=O)c1ccncc1.[Ru+2]. The Kier molecular flexibility index (Phi) is 45.1. The fourth-order valence-electron chi connectivity index (χ4n) is 0.587. The molecule has 0 fully saturated rings. The second-order valence-corrected chi connectivity index (χ2v) is 2.70. The Morgan fingerprint density at radius 1 is 0.808 bits per heavy atom. The summed E-state index contributed by atoms with van der Waals surface area (Å²) in [5.74, 6) is 4.58. The van der Waals surface area contributed by atoms with Gasteiger partial charge < -0.3 is 65.3 Å². The zero-order chi connectivity index (χ0) is 16.4. The summed E-state index contributed by atoms with van der Waals surface area (Å²) in [6.45, 7) is 0. The number of pyridine rings is 1. The number of aromatic nitrogens is 1. The van der Waals surface area contributed by atoms with Gasteiger partial charge in [-0.3, -0.25) is 15.2 Å². The first-order chi connectivity index (χ1) is 8.84. The van der Waals surface area contributed by atoms with Gasteiger partial charge in [0, 0.05) is 18.0 Å². The number of carbonyl (C=O) groups excluding carboxylic acids is 1. The molecule has 1 rings (SSSR count). The van der Waals surface area contributed by atoms with E-state index in [2.05, 4.69) is 4.98 Å². The van der Waals surface area contributed by atoms with Gasteiger partial charge in [-0.1, -0.05) is 0 Å². The van der Waals surface area contributed by atoms with Crippen molar-refractivity contribution in [2.24, 2.45) is 5.84 Å². The van der Waals surface area contributed by atoms with Gasteiger partial charge in [0.05, 0.1) is 0 Å². The summed E-state index contributed by atoms with van der Waals surface area (Å²) in [4.78, 5) is 14.5. The average molecular weight is 497 g/mol. The number of nitrogens with two attached hydrogens (primary N) is 1. The molecule has 18 N–H and O–H groups in total. The summed E-state index contributed by atoms with van der Waals surface area (Å²) in [5, 5.41) is 0. The summed E-state index contributed by atoms with van der Waals surface area (Å²) >= 11 is 0. The largest absolute Gasteiger partial charge is 2.00 e. The van der Waals surface area contributed by atoms with E-state index in [0.29, 0.717) is 5.56 Å². The zero-order valence-corrected chi connectivity index (χ0v) is 15.0. The molecule has 0 bridgehead atoms. The van der Waals surface area contributed by atoms with Crippen molar-refractivity contribution in [3.05, 3.63) is 30.1 Å². The van der Waals surface area contributed by atoms with Crippen molar-refractivity contribution in [2.45, 2.75) is 0 Å². The van der Waals surface area contributed by atoms with Crippen LogP contribution in [0.4, 0.5) is 34.5 Å². The molecular formula is C6H22B2F8N8ORu. The van der Waals surface area contributed by atoms with Gasteiger partial charge in [0.25, 0.3) is 5.91 Å². The third-order valence-corrected chi connectivity index (χ3v) is 1.07. The van der Waals surface area contributed by atoms with E-state index in [1.165, 1.54) is 12.4 Å². The predicted molar refractivity (Wildman–Crippen MR) is 81.4 cm³/mol. The minimum atomic E-state index is -6.00. The van der Waals surface area contributed by atoms with Crippen LogP contribution >= 0.6 is 0 Å². The first kappa shape index (κ1) is 49.7. The quantitative estimate of drug-likeness (QED) is 0.0997. The van der Waals surface area contributed by atoms with E-state index in [1.807, 2.05) is 5.43 Å². The molecule has 162 valence electrons. The summed E-state index contributed by atoms with van der Waals surface area (Å²) in [6, 6.07) is 3.17. The molecule has 1 amide bonds. The summed E-state index contributed by atoms with van der Waals surface area (Å²) in [6.07, 6.45) is 3.06. The van der Waals surface area contributed by atoms with E-state index >= 15 is 0 Å². The van der Waals surface area contributed by atoms with Crippen molar-refractivity contribution in [1.29, 1.82) is 0 Å². The number of nitrogens with zero attached hydrogens (tertiary/aromatic N) is 1. The molecule has 0 saturated heterocycles. The molecule has 0 aliphatic heterocycles. The number of nitrogens with one attached hydrogen (secondary N) is 1. The second kappa shape index (κ2) is 23.6. The Hall–Kier alpha value is -1.43.